The van der Waals surface area contributed by atoms with Gasteiger partial charge in [-0.05, 0) is 56.2 Å². The van der Waals surface area contributed by atoms with Crippen molar-refractivity contribution >= 4 is 15.9 Å². The lowest BCUT2D eigenvalue weighted by Crippen LogP contribution is -2.44. The van der Waals surface area contributed by atoms with E-state index in [1.807, 2.05) is 0 Å². The van der Waals surface area contributed by atoms with E-state index in [1.165, 1.54) is 29.6 Å². The third-order valence-electron chi connectivity index (χ3n) is 3.74. The van der Waals surface area contributed by atoms with Crippen molar-refractivity contribution in [1.82, 2.24) is 20.0 Å². The van der Waals surface area contributed by atoms with E-state index in [9.17, 15) is 0 Å². The molecule has 4 nitrogen and oxygen atoms in total. The molecule has 1 saturated heterocycles. The van der Waals surface area contributed by atoms with Crippen molar-refractivity contribution in [3.05, 3.63) is 15.9 Å². The van der Waals surface area contributed by atoms with Crippen molar-refractivity contribution in [1.29, 1.82) is 0 Å². The summed E-state index contributed by atoms with van der Waals surface area (Å²) in [7, 11) is 2.06. The predicted octanol–water partition coefficient (Wildman–Crippen LogP) is 2.16. The average molecular weight is 315 g/mol. The molecule has 0 bridgehead atoms. The number of hydrogen-bond donors (Lipinski definition) is 1. The maximum absolute atomic E-state index is 4.56. The molecule has 2 rings (SSSR count). The summed E-state index contributed by atoms with van der Waals surface area (Å²) in [5, 5.41) is 7.95. The fourth-order valence-corrected chi connectivity index (χ4v) is 3.08. The van der Waals surface area contributed by atoms with Gasteiger partial charge in [0.1, 0.15) is 0 Å². The molecule has 1 unspecified atom stereocenters. The summed E-state index contributed by atoms with van der Waals surface area (Å²) in [6, 6.07) is 0.636. The third-order valence-corrected chi connectivity index (χ3v) is 4.77. The van der Waals surface area contributed by atoms with Crippen LogP contribution < -0.4 is 5.32 Å². The highest BCUT2D eigenvalue weighted by Crippen LogP contribution is 2.23. The van der Waals surface area contributed by atoms with Gasteiger partial charge in [-0.3, -0.25) is 9.58 Å². The summed E-state index contributed by atoms with van der Waals surface area (Å²) in [5.41, 5.74) is 2.40. The van der Waals surface area contributed by atoms with E-state index in [1.54, 1.807) is 0 Å². The van der Waals surface area contributed by atoms with Gasteiger partial charge in [0, 0.05) is 25.7 Å². The van der Waals surface area contributed by atoms with Crippen LogP contribution in [0, 0.1) is 6.92 Å². The van der Waals surface area contributed by atoms with Crippen LogP contribution in [0.2, 0.25) is 0 Å². The van der Waals surface area contributed by atoms with Gasteiger partial charge in [-0.2, -0.15) is 5.10 Å². The molecular formula is C13H23BrN4. The fourth-order valence-electron chi connectivity index (χ4n) is 2.67. The molecule has 18 heavy (non-hydrogen) atoms. The smallest absolute Gasteiger partial charge is 0.0739 e. The maximum atomic E-state index is 4.56. The predicted molar refractivity (Wildman–Crippen MR) is 77.7 cm³/mol. The fraction of sp³-hybridized carbons (Fsp3) is 0.769. The Morgan fingerprint density at radius 1 is 1.50 bits per heavy atom. The first-order valence-electron chi connectivity index (χ1n) is 6.77. The lowest BCUT2D eigenvalue weighted by atomic mass is 10.1. The van der Waals surface area contributed by atoms with Crippen LogP contribution in [-0.4, -0.2) is 40.9 Å². The molecule has 0 amide bonds. The van der Waals surface area contributed by atoms with Gasteiger partial charge in [-0.25, -0.2) is 0 Å². The first kappa shape index (κ1) is 14.0. The molecule has 0 spiro atoms. The van der Waals surface area contributed by atoms with E-state index in [2.05, 4.69) is 56.8 Å². The van der Waals surface area contributed by atoms with E-state index in [4.69, 9.17) is 0 Å². The van der Waals surface area contributed by atoms with Gasteiger partial charge in [0.25, 0.3) is 0 Å². The molecule has 1 aliphatic heterocycles. The summed E-state index contributed by atoms with van der Waals surface area (Å²) < 4.78 is 3.29. The number of nitrogens with one attached hydrogen (secondary N) is 1. The van der Waals surface area contributed by atoms with Crippen molar-refractivity contribution in [2.75, 3.05) is 20.1 Å². The highest BCUT2D eigenvalue weighted by atomic mass is 79.9. The number of aryl methyl sites for hydroxylation is 2. The summed E-state index contributed by atoms with van der Waals surface area (Å²) in [6.07, 6.45) is 2.57. The van der Waals surface area contributed by atoms with Crippen LogP contribution in [-0.2, 0) is 13.1 Å². The Morgan fingerprint density at radius 3 is 2.94 bits per heavy atom. The minimum Gasteiger partial charge on any atom is -0.316 e. The van der Waals surface area contributed by atoms with E-state index in [0.717, 1.165) is 25.3 Å². The van der Waals surface area contributed by atoms with Gasteiger partial charge < -0.3 is 5.32 Å². The highest BCUT2D eigenvalue weighted by Gasteiger charge is 2.21. The number of aromatic nitrogens is 2. The van der Waals surface area contributed by atoms with Crippen molar-refractivity contribution in [3.8, 4) is 0 Å². The quantitative estimate of drug-likeness (QED) is 0.924. The van der Waals surface area contributed by atoms with Crippen LogP contribution in [0.1, 0.15) is 31.2 Å². The van der Waals surface area contributed by atoms with E-state index in [-0.39, 0.29) is 0 Å². The number of hydrogen-bond acceptors (Lipinski definition) is 3. The van der Waals surface area contributed by atoms with Crippen molar-refractivity contribution in [2.24, 2.45) is 0 Å². The van der Waals surface area contributed by atoms with Crippen molar-refractivity contribution < 1.29 is 0 Å². The van der Waals surface area contributed by atoms with Crippen LogP contribution in [0.5, 0.6) is 0 Å². The van der Waals surface area contributed by atoms with Gasteiger partial charge >= 0.3 is 0 Å². The largest absolute Gasteiger partial charge is 0.316 e. The van der Waals surface area contributed by atoms with Gasteiger partial charge in [0.15, 0.2) is 0 Å². The molecule has 1 atom stereocenters. The van der Waals surface area contributed by atoms with E-state index in [0.29, 0.717) is 6.04 Å². The summed E-state index contributed by atoms with van der Waals surface area (Å²) in [4.78, 5) is 2.53. The minimum atomic E-state index is 0.636. The molecule has 0 aliphatic carbocycles. The molecule has 0 saturated carbocycles. The van der Waals surface area contributed by atoms with Gasteiger partial charge in [-0.15, -0.1) is 0 Å². The zero-order chi connectivity index (χ0) is 13.1. The van der Waals surface area contributed by atoms with E-state index < -0.39 is 0 Å². The van der Waals surface area contributed by atoms with Crippen LogP contribution in [0.25, 0.3) is 0 Å². The Bertz CT molecular complexity index is 402. The van der Waals surface area contributed by atoms with Crippen LogP contribution >= 0.6 is 15.9 Å². The lowest BCUT2D eigenvalue weighted by molar-refractivity contribution is 0.183. The Morgan fingerprint density at radius 2 is 2.28 bits per heavy atom. The Hall–Kier alpha value is -0.390. The first-order valence-corrected chi connectivity index (χ1v) is 7.56. The van der Waals surface area contributed by atoms with Crippen molar-refractivity contribution in [2.45, 2.75) is 45.8 Å². The van der Waals surface area contributed by atoms with Gasteiger partial charge in [0.2, 0.25) is 0 Å². The molecule has 1 N–H and O–H groups in total. The average Bonchev–Trinajstić information content (AvgIpc) is 2.67. The normalized spacial score (nSPS) is 21.4. The number of piperidine rings is 1. The van der Waals surface area contributed by atoms with Gasteiger partial charge in [0.05, 0.1) is 15.9 Å². The Balaban J connectivity index is 2.08. The number of halogens is 1. The number of rotatable bonds is 4. The second-order valence-electron chi connectivity index (χ2n) is 5.02. The third kappa shape index (κ3) is 2.95. The van der Waals surface area contributed by atoms with Crippen LogP contribution in [0.15, 0.2) is 4.47 Å². The first-order chi connectivity index (χ1) is 8.65. The molecule has 102 valence electrons. The SMILES string of the molecule is CCn1nc(C)c(Br)c1CN1CCCC(NC)C1. The molecule has 2 heterocycles. The zero-order valence-electron chi connectivity index (χ0n) is 11.5. The molecule has 0 aromatic carbocycles. The summed E-state index contributed by atoms with van der Waals surface area (Å²) in [5.74, 6) is 0. The molecule has 1 aromatic heterocycles. The minimum absolute atomic E-state index is 0.636. The topological polar surface area (TPSA) is 33.1 Å². The monoisotopic (exact) mass is 314 g/mol. The van der Waals surface area contributed by atoms with Crippen LogP contribution in [0.4, 0.5) is 0 Å². The number of likely N-dealkylation sites (tertiary alicyclic amines) is 1. The second-order valence-corrected chi connectivity index (χ2v) is 5.82. The number of likely N-dealkylation sites (N-methyl/N-ethyl adjacent to an activating group) is 1. The molecule has 1 fully saturated rings. The van der Waals surface area contributed by atoms with E-state index >= 15 is 0 Å². The lowest BCUT2D eigenvalue weighted by Gasteiger charge is -2.32. The second kappa shape index (κ2) is 6.17. The summed E-state index contributed by atoms with van der Waals surface area (Å²) in [6.45, 7) is 8.47. The maximum Gasteiger partial charge on any atom is 0.0739 e. The zero-order valence-corrected chi connectivity index (χ0v) is 13.1. The van der Waals surface area contributed by atoms with Crippen molar-refractivity contribution in [3.63, 3.8) is 0 Å². The molecule has 1 aliphatic rings. The Kier molecular flexibility index (Phi) is 4.81. The standard InChI is InChI=1S/C13H23BrN4/c1-4-18-12(13(14)10(2)16-18)9-17-7-5-6-11(8-17)15-3/h11,15H,4-9H2,1-3H3. The van der Waals surface area contributed by atoms with Gasteiger partial charge in [-0.1, -0.05) is 0 Å². The molecule has 5 heteroatoms. The molecular weight excluding hydrogens is 292 g/mol. The highest BCUT2D eigenvalue weighted by molar-refractivity contribution is 9.10. The molecule has 0 radical (unpaired) electrons. The summed E-state index contributed by atoms with van der Waals surface area (Å²) >= 11 is 3.68. The van der Waals surface area contributed by atoms with Crippen LogP contribution in [0.3, 0.4) is 0 Å². The number of nitrogens with zero attached hydrogens (tertiary/aromatic N) is 3. The molecule has 1 aromatic rings. The Labute approximate surface area is 118 Å².